The summed E-state index contributed by atoms with van der Waals surface area (Å²) in [7, 11) is 1.49. The van der Waals surface area contributed by atoms with Crippen LogP contribution in [0.25, 0.3) is 0 Å². The lowest BCUT2D eigenvalue weighted by Gasteiger charge is -2.30. The normalized spacial score (nSPS) is 22.3. The van der Waals surface area contributed by atoms with E-state index in [2.05, 4.69) is 16.0 Å². The van der Waals surface area contributed by atoms with E-state index in [1.807, 2.05) is 44.2 Å². The first kappa shape index (κ1) is 31.8. The molecule has 0 radical (unpaired) electrons. The average molecular weight is 614 g/mol. The number of amides is 5. The van der Waals surface area contributed by atoms with Crippen molar-refractivity contribution in [1.82, 2.24) is 25.8 Å². The van der Waals surface area contributed by atoms with Crippen molar-refractivity contribution in [2.45, 2.75) is 51.7 Å². The van der Waals surface area contributed by atoms with E-state index in [9.17, 15) is 24.0 Å². The fourth-order valence-electron chi connectivity index (χ4n) is 4.91. The van der Waals surface area contributed by atoms with Gasteiger partial charge in [-0.3, -0.25) is 24.0 Å². The summed E-state index contributed by atoms with van der Waals surface area (Å²) in [5.74, 6) is -1.55. The maximum absolute atomic E-state index is 13.7. The van der Waals surface area contributed by atoms with Gasteiger partial charge in [0.05, 0.1) is 6.54 Å². The highest BCUT2D eigenvalue weighted by Crippen LogP contribution is 2.39. The Hall–Kier alpha value is -4.13. The SMILES string of the molecule is CC(C)C[C@@H]1NC(=O)CN(C(=O)c2scc3c2OCCO3)CCNC(=O)[C@H](Cc2ccccc2)NC(=O)[C@H](C)N(C)C1=O. The van der Waals surface area contributed by atoms with E-state index < -0.39 is 47.7 Å². The zero-order valence-corrected chi connectivity index (χ0v) is 25.7. The number of likely N-dealkylation sites (N-methyl/N-ethyl adjacent to an activating group) is 1. The van der Waals surface area contributed by atoms with Gasteiger partial charge in [0.15, 0.2) is 11.5 Å². The fourth-order valence-corrected chi connectivity index (χ4v) is 5.81. The van der Waals surface area contributed by atoms with Gasteiger partial charge in [0.2, 0.25) is 23.6 Å². The molecule has 3 atom stereocenters. The van der Waals surface area contributed by atoms with E-state index in [1.54, 1.807) is 12.3 Å². The molecule has 3 heterocycles. The van der Waals surface area contributed by atoms with Crippen molar-refractivity contribution in [3.63, 3.8) is 0 Å². The Morgan fingerprint density at radius 1 is 1.02 bits per heavy atom. The largest absolute Gasteiger partial charge is 0.485 e. The monoisotopic (exact) mass is 613 g/mol. The van der Waals surface area contributed by atoms with Crippen molar-refractivity contribution < 1.29 is 33.4 Å². The smallest absolute Gasteiger partial charge is 0.268 e. The molecule has 2 aromatic rings. The summed E-state index contributed by atoms with van der Waals surface area (Å²) >= 11 is 1.15. The minimum absolute atomic E-state index is 0.00335. The fraction of sp³-hybridized carbons (Fsp3) is 0.500. The van der Waals surface area contributed by atoms with Gasteiger partial charge in [-0.1, -0.05) is 44.2 Å². The minimum atomic E-state index is -0.934. The first-order valence-corrected chi connectivity index (χ1v) is 15.3. The maximum Gasteiger partial charge on any atom is 0.268 e. The zero-order valence-electron chi connectivity index (χ0n) is 24.9. The van der Waals surface area contributed by atoms with Crippen LogP contribution in [0.15, 0.2) is 35.7 Å². The van der Waals surface area contributed by atoms with Crippen molar-refractivity contribution in [3.05, 3.63) is 46.2 Å². The number of rotatable bonds is 5. The summed E-state index contributed by atoms with van der Waals surface area (Å²) < 4.78 is 11.3. The highest BCUT2D eigenvalue weighted by molar-refractivity contribution is 7.12. The topological polar surface area (TPSA) is 146 Å². The second-order valence-corrected chi connectivity index (χ2v) is 12.0. The molecule has 0 unspecified atom stereocenters. The number of carbonyl (C=O) groups is 5. The highest BCUT2D eigenvalue weighted by atomic mass is 32.1. The van der Waals surface area contributed by atoms with E-state index in [4.69, 9.17) is 9.47 Å². The number of fused-ring (bicyclic) bond motifs is 1. The molecule has 5 amide bonds. The summed E-state index contributed by atoms with van der Waals surface area (Å²) in [6, 6.07) is 6.50. The van der Waals surface area contributed by atoms with Crippen molar-refractivity contribution in [2.24, 2.45) is 5.92 Å². The van der Waals surface area contributed by atoms with Crippen LogP contribution in [-0.4, -0.2) is 97.4 Å². The van der Waals surface area contributed by atoms with Gasteiger partial charge in [0.1, 0.15) is 36.2 Å². The number of nitrogens with zero attached hydrogens (tertiary/aromatic N) is 2. The minimum Gasteiger partial charge on any atom is -0.485 e. The predicted molar refractivity (Wildman–Crippen MR) is 160 cm³/mol. The molecule has 0 spiro atoms. The lowest BCUT2D eigenvalue weighted by Crippen LogP contribution is -2.57. The second kappa shape index (κ2) is 14.4. The Kier molecular flexibility index (Phi) is 10.6. The molecule has 3 N–H and O–H groups in total. The van der Waals surface area contributed by atoms with Crippen LogP contribution in [0, 0.1) is 5.92 Å². The first-order chi connectivity index (χ1) is 20.5. The molecule has 0 aliphatic carbocycles. The summed E-state index contributed by atoms with van der Waals surface area (Å²) in [6.07, 6.45) is 0.553. The Labute approximate surface area is 255 Å². The van der Waals surface area contributed by atoms with Gasteiger partial charge in [-0.15, -0.1) is 11.3 Å². The van der Waals surface area contributed by atoms with Crippen LogP contribution in [0.2, 0.25) is 0 Å². The standard InChI is InChI=1S/C30H39N5O7S/c1-18(2)14-22-29(39)34(4)19(3)27(37)33-21(15-20-8-6-5-7-9-20)28(38)31-10-11-35(16-24(36)32-22)30(40)26-25-23(17-43-26)41-12-13-42-25/h5-9,17-19,21-22H,10-16H2,1-4H3,(H,31,38)(H,32,36)(H,33,37)/t19-,21-,22-/m0/s1. The van der Waals surface area contributed by atoms with Gasteiger partial charge >= 0.3 is 0 Å². The van der Waals surface area contributed by atoms with Crippen LogP contribution in [0.4, 0.5) is 0 Å². The van der Waals surface area contributed by atoms with Crippen LogP contribution < -0.4 is 25.4 Å². The second-order valence-electron chi connectivity index (χ2n) is 11.1. The average Bonchev–Trinajstić information content (AvgIpc) is 3.42. The van der Waals surface area contributed by atoms with E-state index in [1.165, 1.54) is 16.8 Å². The quantitative estimate of drug-likeness (QED) is 0.459. The molecule has 4 rings (SSSR count). The summed E-state index contributed by atoms with van der Waals surface area (Å²) in [5.41, 5.74) is 0.839. The number of carbonyl (C=O) groups excluding carboxylic acids is 5. The first-order valence-electron chi connectivity index (χ1n) is 14.4. The van der Waals surface area contributed by atoms with E-state index in [0.717, 1.165) is 16.9 Å². The molecule has 1 saturated heterocycles. The van der Waals surface area contributed by atoms with Crippen LogP contribution >= 0.6 is 11.3 Å². The van der Waals surface area contributed by atoms with Gasteiger partial charge < -0.3 is 35.2 Å². The van der Waals surface area contributed by atoms with Gasteiger partial charge in [-0.25, -0.2) is 0 Å². The van der Waals surface area contributed by atoms with E-state index in [0.29, 0.717) is 31.1 Å². The number of benzene rings is 1. The highest BCUT2D eigenvalue weighted by Gasteiger charge is 2.34. The van der Waals surface area contributed by atoms with Gasteiger partial charge in [0.25, 0.3) is 5.91 Å². The maximum atomic E-state index is 13.7. The van der Waals surface area contributed by atoms with Crippen LogP contribution in [0.1, 0.15) is 42.4 Å². The van der Waals surface area contributed by atoms with E-state index in [-0.39, 0.29) is 36.9 Å². The molecular formula is C30H39N5O7S. The lowest BCUT2D eigenvalue weighted by atomic mass is 10.0. The van der Waals surface area contributed by atoms with Crippen molar-refractivity contribution >= 4 is 40.9 Å². The number of hydrogen-bond acceptors (Lipinski definition) is 8. The number of ether oxygens (including phenoxy) is 2. The Balaban J connectivity index is 1.64. The van der Waals surface area contributed by atoms with Gasteiger partial charge in [-0.05, 0) is 24.8 Å². The molecule has 13 heteroatoms. The van der Waals surface area contributed by atoms with Gasteiger partial charge in [-0.2, -0.15) is 0 Å². The predicted octanol–water partition coefficient (Wildman–Crippen LogP) is 1.20. The Bertz CT molecular complexity index is 1330. The molecule has 1 aromatic carbocycles. The molecule has 1 fully saturated rings. The molecule has 0 bridgehead atoms. The third kappa shape index (κ3) is 8.04. The molecule has 2 aliphatic rings. The summed E-state index contributed by atoms with van der Waals surface area (Å²) in [6.45, 7) is 5.75. The van der Waals surface area contributed by atoms with E-state index >= 15 is 0 Å². The Morgan fingerprint density at radius 2 is 1.74 bits per heavy atom. The zero-order chi connectivity index (χ0) is 31.1. The van der Waals surface area contributed by atoms with Crippen LogP contribution in [0.5, 0.6) is 11.5 Å². The molecule has 12 nitrogen and oxygen atoms in total. The number of thiophene rings is 1. The molecular weight excluding hydrogens is 574 g/mol. The molecule has 1 aromatic heterocycles. The van der Waals surface area contributed by atoms with Crippen LogP contribution in [-0.2, 0) is 25.6 Å². The number of hydrogen-bond donors (Lipinski definition) is 3. The van der Waals surface area contributed by atoms with Crippen molar-refractivity contribution in [2.75, 3.05) is 39.9 Å². The van der Waals surface area contributed by atoms with Crippen molar-refractivity contribution in [1.29, 1.82) is 0 Å². The third-order valence-corrected chi connectivity index (χ3v) is 8.29. The third-order valence-electron chi connectivity index (χ3n) is 7.36. The molecule has 0 saturated carbocycles. The van der Waals surface area contributed by atoms with Crippen molar-refractivity contribution in [3.8, 4) is 11.5 Å². The number of nitrogens with one attached hydrogen (secondary N) is 3. The molecule has 2 aliphatic heterocycles. The lowest BCUT2D eigenvalue weighted by molar-refractivity contribution is -0.142. The van der Waals surface area contributed by atoms with Crippen LogP contribution in [0.3, 0.4) is 0 Å². The molecule has 232 valence electrons. The summed E-state index contributed by atoms with van der Waals surface area (Å²) in [4.78, 5) is 70.1. The Morgan fingerprint density at radius 3 is 2.47 bits per heavy atom. The van der Waals surface area contributed by atoms with Gasteiger partial charge in [0, 0.05) is 31.9 Å². The summed E-state index contributed by atoms with van der Waals surface area (Å²) in [5, 5.41) is 10.1. The molecule has 43 heavy (non-hydrogen) atoms.